The first-order chi connectivity index (χ1) is 14.1. The topological polar surface area (TPSA) is 45.7 Å². The molecule has 0 unspecified atom stereocenters. The molecule has 4 rings (SSSR count). The van der Waals surface area contributed by atoms with Crippen molar-refractivity contribution in [2.45, 2.75) is 20.3 Å². The van der Waals surface area contributed by atoms with Crippen LogP contribution in [0.4, 0.5) is 5.13 Å². The van der Waals surface area contributed by atoms with Gasteiger partial charge in [-0.05, 0) is 36.6 Å². The molecule has 3 aromatic rings. The van der Waals surface area contributed by atoms with E-state index in [9.17, 15) is 4.79 Å². The predicted octanol–water partition coefficient (Wildman–Crippen LogP) is 3.82. The molecule has 1 aliphatic heterocycles. The first-order valence-corrected chi connectivity index (χ1v) is 10.9. The molecule has 6 heteroatoms. The van der Waals surface area contributed by atoms with E-state index in [4.69, 9.17) is 9.72 Å². The number of ether oxygens (including phenoxy) is 1. The summed E-state index contributed by atoms with van der Waals surface area (Å²) in [6, 6.07) is 14.2. The SMILES string of the molecule is Cc1cc(C)c2sc(N(CCN3CCOCC3)C(=O)Cc3ccccc3)nc2c1. The molecule has 2 heterocycles. The van der Waals surface area contributed by atoms with Gasteiger partial charge in [0, 0.05) is 26.2 Å². The van der Waals surface area contributed by atoms with Gasteiger partial charge in [-0.25, -0.2) is 4.98 Å². The smallest absolute Gasteiger partial charge is 0.233 e. The summed E-state index contributed by atoms with van der Waals surface area (Å²) in [5.41, 5.74) is 4.42. The first kappa shape index (κ1) is 20.0. The lowest BCUT2D eigenvalue weighted by Crippen LogP contribution is -2.43. The highest BCUT2D eigenvalue weighted by atomic mass is 32.1. The Morgan fingerprint density at radius 2 is 1.93 bits per heavy atom. The molecule has 0 aliphatic carbocycles. The third-order valence-electron chi connectivity index (χ3n) is 5.28. The van der Waals surface area contributed by atoms with Crippen molar-refractivity contribution in [3.63, 3.8) is 0 Å². The monoisotopic (exact) mass is 409 g/mol. The van der Waals surface area contributed by atoms with Crippen molar-refractivity contribution < 1.29 is 9.53 Å². The maximum Gasteiger partial charge on any atom is 0.233 e. The molecule has 1 aliphatic rings. The van der Waals surface area contributed by atoms with Gasteiger partial charge in [0.05, 0.1) is 29.9 Å². The van der Waals surface area contributed by atoms with Crippen molar-refractivity contribution in [1.29, 1.82) is 0 Å². The predicted molar refractivity (Wildman–Crippen MR) is 119 cm³/mol. The number of amides is 1. The van der Waals surface area contributed by atoms with Gasteiger partial charge in [-0.15, -0.1) is 0 Å². The summed E-state index contributed by atoms with van der Waals surface area (Å²) in [6.45, 7) is 9.03. The number of thiazole rings is 1. The van der Waals surface area contributed by atoms with E-state index in [0.29, 0.717) is 13.0 Å². The fourth-order valence-corrected chi connectivity index (χ4v) is 4.80. The lowest BCUT2D eigenvalue weighted by atomic mass is 10.1. The molecule has 5 nitrogen and oxygen atoms in total. The minimum absolute atomic E-state index is 0.0953. The lowest BCUT2D eigenvalue weighted by Gasteiger charge is -2.29. The summed E-state index contributed by atoms with van der Waals surface area (Å²) in [5.74, 6) is 0.0953. The van der Waals surface area contributed by atoms with Crippen molar-refractivity contribution in [3.8, 4) is 0 Å². The normalized spacial score (nSPS) is 15.0. The number of anilines is 1. The van der Waals surface area contributed by atoms with E-state index in [2.05, 4.69) is 30.9 Å². The highest BCUT2D eigenvalue weighted by Gasteiger charge is 2.22. The molecule has 0 bridgehead atoms. The number of benzene rings is 2. The van der Waals surface area contributed by atoms with Crippen LogP contribution in [0.1, 0.15) is 16.7 Å². The number of nitrogens with zero attached hydrogens (tertiary/aromatic N) is 3. The highest BCUT2D eigenvalue weighted by Crippen LogP contribution is 2.32. The van der Waals surface area contributed by atoms with Gasteiger partial charge in [0.25, 0.3) is 0 Å². The average molecular weight is 410 g/mol. The molecule has 2 aromatic carbocycles. The van der Waals surface area contributed by atoms with Crippen LogP contribution in [-0.2, 0) is 16.0 Å². The van der Waals surface area contributed by atoms with Crippen molar-refractivity contribution in [1.82, 2.24) is 9.88 Å². The Bertz CT molecular complexity index is 980. The molecule has 0 N–H and O–H groups in total. The van der Waals surface area contributed by atoms with Crippen LogP contribution in [0.3, 0.4) is 0 Å². The van der Waals surface area contributed by atoms with Gasteiger partial charge < -0.3 is 4.74 Å². The van der Waals surface area contributed by atoms with E-state index in [1.54, 1.807) is 11.3 Å². The van der Waals surface area contributed by atoms with E-state index in [-0.39, 0.29) is 5.91 Å². The second kappa shape index (κ2) is 9.03. The number of carbonyl (C=O) groups excluding carboxylic acids is 1. The quantitative estimate of drug-likeness (QED) is 0.621. The summed E-state index contributed by atoms with van der Waals surface area (Å²) < 4.78 is 6.61. The molecule has 0 saturated carbocycles. The number of morpholine rings is 1. The summed E-state index contributed by atoms with van der Waals surface area (Å²) in [5, 5.41) is 0.794. The van der Waals surface area contributed by atoms with Crippen molar-refractivity contribution >= 4 is 32.6 Å². The van der Waals surface area contributed by atoms with Gasteiger partial charge in [0.15, 0.2) is 5.13 Å². The number of rotatable bonds is 6. The van der Waals surface area contributed by atoms with Crippen molar-refractivity contribution in [3.05, 3.63) is 59.2 Å². The number of aryl methyl sites for hydroxylation is 2. The standard InChI is InChI=1S/C23H27N3O2S/c1-17-14-18(2)22-20(15-17)24-23(29-22)26(9-8-25-10-12-28-13-11-25)21(27)16-19-6-4-3-5-7-19/h3-7,14-15H,8-13,16H2,1-2H3. The van der Waals surface area contributed by atoms with Gasteiger partial charge in [-0.3, -0.25) is 14.6 Å². The Morgan fingerprint density at radius 3 is 2.69 bits per heavy atom. The van der Waals surface area contributed by atoms with Crippen LogP contribution in [0.25, 0.3) is 10.2 Å². The Hall–Kier alpha value is -2.28. The Balaban J connectivity index is 1.59. The fraction of sp³-hybridized carbons (Fsp3) is 0.391. The van der Waals surface area contributed by atoms with Crippen LogP contribution >= 0.6 is 11.3 Å². The second-order valence-electron chi connectivity index (χ2n) is 7.59. The summed E-state index contributed by atoms with van der Waals surface area (Å²) in [4.78, 5) is 22.3. The minimum Gasteiger partial charge on any atom is -0.379 e. The van der Waals surface area contributed by atoms with Gasteiger partial charge >= 0.3 is 0 Å². The van der Waals surface area contributed by atoms with Crippen LogP contribution in [0.5, 0.6) is 0 Å². The number of aromatic nitrogens is 1. The van der Waals surface area contributed by atoms with Gasteiger partial charge in [-0.1, -0.05) is 47.7 Å². The zero-order valence-corrected chi connectivity index (χ0v) is 17.9. The number of hydrogen-bond donors (Lipinski definition) is 0. The molecule has 29 heavy (non-hydrogen) atoms. The zero-order valence-electron chi connectivity index (χ0n) is 17.1. The zero-order chi connectivity index (χ0) is 20.2. The number of carbonyl (C=O) groups is 1. The van der Waals surface area contributed by atoms with E-state index < -0.39 is 0 Å². The molecule has 1 aromatic heterocycles. The van der Waals surface area contributed by atoms with Crippen LogP contribution in [0, 0.1) is 13.8 Å². The first-order valence-electron chi connectivity index (χ1n) is 10.1. The lowest BCUT2D eigenvalue weighted by molar-refractivity contribution is -0.118. The molecule has 152 valence electrons. The molecule has 1 fully saturated rings. The maximum atomic E-state index is 13.3. The maximum absolute atomic E-state index is 13.3. The van der Waals surface area contributed by atoms with Crippen molar-refractivity contribution in [2.75, 3.05) is 44.3 Å². The van der Waals surface area contributed by atoms with E-state index >= 15 is 0 Å². The highest BCUT2D eigenvalue weighted by molar-refractivity contribution is 7.22. The Morgan fingerprint density at radius 1 is 1.17 bits per heavy atom. The van der Waals surface area contributed by atoms with Gasteiger partial charge in [0.1, 0.15) is 0 Å². The van der Waals surface area contributed by atoms with E-state index in [1.165, 1.54) is 11.1 Å². The number of hydrogen-bond acceptors (Lipinski definition) is 5. The molecule has 0 spiro atoms. The van der Waals surface area contributed by atoms with Crippen LogP contribution in [0.15, 0.2) is 42.5 Å². The average Bonchev–Trinajstić information content (AvgIpc) is 3.13. The third kappa shape index (κ3) is 4.83. The second-order valence-corrected chi connectivity index (χ2v) is 8.57. The Kier molecular flexibility index (Phi) is 6.23. The molecule has 0 atom stereocenters. The summed E-state index contributed by atoms with van der Waals surface area (Å²) >= 11 is 1.62. The molecular formula is C23H27N3O2S. The van der Waals surface area contributed by atoms with Crippen LogP contribution in [-0.4, -0.2) is 55.2 Å². The largest absolute Gasteiger partial charge is 0.379 e. The molecule has 0 radical (unpaired) electrons. The summed E-state index contributed by atoms with van der Waals surface area (Å²) in [7, 11) is 0. The molecule has 1 saturated heterocycles. The fourth-order valence-electron chi connectivity index (χ4n) is 3.74. The Labute approximate surface area is 175 Å². The molecule has 1 amide bonds. The van der Waals surface area contributed by atoms with Gasteiger partial charge in [-0.2, -0.15) is 0 Å². The third-order valence-corrected chi connectivity index (χ3v) is 6.51. The summed E-state index contributed by atoms with van der Waals surface area (Å²) in [6.07, 6.45) is 0.387. The minimum atomic E-state index is 0.0953. The number of fused-ring (bicyclic) bond motifs is 1. The molecular weight excluding hydrogens is 382 g/mol. The van der Waals surface area contributed by atoms with Gasteiger partial charge in [0.2, 0.25) is 5.91 Å². The van der Waals surface area contributed by atoms with Crippen LogP contribution in [0.2, 0.25) is 0 Å². The van der Waals surface area contributed by atoms with Crippen LogP contribution < -0.4 is 4.90 Å². The van der Waals surface area contributed by atoms with E-state index in [1.807, 2.05) is 35.2 Å². The van der Waals surface area contributed by atoms with E-state index in [0.717, 1.165) is 53.8 Å². The van der Waals surface area contributed by atoms with Crippen molar-refractivity contribution in [2.24, 2.45) is 0 Å².